The Bertz CT molecular complexity index is 1720. The Morgan fingerprint density at radius 3 is 2.18 bits per heavy atom. The molecule has 12 heteroatoms. The quantitative estimate of drug-likeness (QED) is 0.0631. The van der Waals surface area contributed by atoms with E-state index in [2.05, 4.69) is 43.1 Å². The Morgan fingerprint density at radius 2 is 1.53 bits per heavy atom. The third-order valence-electron chi connectivity index (χ3n) is 16.5. The normalized spacial score (nSPS) is 40.4. The molecule has 0 radical (unpaired) electrons. The summed E-state index contributed by atoms with van der Waals surface area (Å²) in [5.41, 5.74) is -4.87. The summed E-state index contributed by atoms with van der Waals surface area (Å²) >= 11 is 0. The largest absolute Gasteiger partial charge is 0.455 e. The van der Waals surface area contributed by atoms with Crippen LogP contribution < -0.4 is 0 Å². The van der Waals surface area contributed by atoms with Gasteiger partial charge in [0.05, 0.1) is 30.5 Å². The van der Waals surface area contributed by atoms with Crippen LogP contribution >= 0.6 is 0 Å². The topological polar surface area (TPSA) is 153 Å². The lowest BCUT2D eigenvalue weighted by molar-refractivity contribution is -0.323. The van der Waals surface area contributed by atoms with Crippen LogP contribution in [0.25, 0.3) is 0 Å². The van der Waals surface area contributed by atoms with Crippen LogP contribution in [0.3, 0.4) is 0 Å². The van der Waals surface area contributed by atoms with Crippen molar-refractivity contribution in [1.82, 2.24) is 4.90 Å². The lowest BCUT2D eigenvalue weighted by atomic mass is 9.42. The summed E-state index contributed by atoms with van der Waals surface area (Å²) < 4.78 is 38.7. The lowest BCUT2D eigenvalue weighted by Gasteiger charge is -2.70. The standard InChI is InChI=1S/C50H75NO11/c1-7-9-10-11-12-13-14-15-16-17-18-19-20-21-25-28-37(53)62-50-38-34(30-48(56,45(60-6)43(50)54)44(38)61-46(55)33-26-23-22-24-27-33)49-36(58-4)29-35(52)47(32-57-3)31-51(8-2)42(49)39(50)40(59-5)41(47)49/h12-13,15-16,22-24,26-27,34-36,38-45,52,54,56H,7-11,14,17-21,25,28-32H2,1-6H3/b13-12-,16-15-/t34-,35-,36+,38-,39+,40+,41-,42-,43+,44-,45+,47+,48-,49+,50-/m1/s1. The van der Waals surface area contributed by atoms with Gasteiger partial charge in [0.2, 0.25) is 0 Å². The van der Waals surface area contributed by atoms with Gasteiger partial charge in [-0.2, -0.15) is 0 Å². The molecule has 1 heterocycles. The van der Waals surface area contributed by atoms with Gasteiger partial charge >= 0.3 is 11.9 Å². The van der Waals surface area contributed by atoms with E-state index in [0.29, 0.717) is 31.5 Å². The minimum atomic E-state index is -1.85. The Kier molecular flexibility index (Phi) is 15.1. The number of benzene rings is 1. The molecule has 3 N–H and O–H groups in total. The second kappa shape index (κ2) is 19.8. The van der Waals surface area contributed by atoms with Crippen molar-refractivity contribution in [2.24, 2.45) is 34.5 Å². The van der Waals surface area contributed by atoms with Crippen LogP contribution in [0.1, 0.15) is 114 Å². The number of carbonyl (C=O) groups excluding carboxylic acids is 2. The van der Waals surface area contributed by atoms with E-state index in [4.69, 9.17) is 28.4 Å². The van der Waals surface area contributed by atoms with Gasteiger partial charge in [-0.3, -0.25) is 9.69 Å². The van der Waals surface area contributed by atoms with E-state index in [-0.39, 0.29) is 31.4 Å². The molecule has 62 heavy (non-hydrogen) atoms. The van der Waals surface area contributed by atoms with Gasteiger partial charge in [-0.25, -0.2) is 4.79 Å². The molecule has 12 nitrogen and oxygen atoms in total. The molecule has 0 amide bonds. The molecule has 6 fully saturated rings. The second-order valence-corrected chi connectivity index (χ2v) is 19.3. The number of aliphatic hydroxyl groups excluding tert-OH is 2. The highest BCUT2D eigenvalue weighted by Gasteiger charge is 2.92. The summed E-state index contributed by atoms with van der Waals surface area (Å²) in [6, 6.07) is 8.29. The van der Waals surface area contributed by atoms with Gasteiger partial charge in [-0.1, -0.05) is 88.5 Å². The van der Waals surface area contributed by atoms with E-state index in [9.17, 15) is 24.9 Å². The minimum Gasteiger partial charge on any atom is -0.455 e. The summed E-state index contributed by atoms with van der Waals surface area (Å²) in [7, 11) is 6.40. The molecule has 6 aliphatic rings. The molecule has 0 unspecified atom stereocenters. The van der Waals surface area contributed by atoms with Crippen molar-refractivity contribution in [3.8, 4) is 0 Å². The average molecular weight is 866 g/mol. The molecule has 1 aliphatic heterocycles. The number of hydrogen-bond donors (Lipinski definition) is 3. The number of likely N-dealkylation sites (tertiary alicyclic amines) is 1. The number of esters is 2. The molecule has 7 rings (SSSR count). The predicted molar refractivity (Wildman–Crippen MR) is 234 cm³/mol. The van der Waals surface area contributed by atoms with Crippen LogP contribution in [0.4, 0.5) is 0 Å². The van der Waals surface area contributed by atoms with Crippen LogP contribution in [-0.2, 0) is 33.2 Å². The number of nitrogens with zero attached hydrogens (tertiary/aromatic N) is 1. The molecule has 5 saturated carbocycles. The van der Waals surface area contributed by atoms with Crippen molar-refractivity contribution < 1.29 is 53.3 Å². The van der Waals surface area contributed by atoms with Crippen LogP contribution in [0.2, 0.25) is 0 Å². The minimum absolute atomic E-state index is 0.0803. The van der Waals surface area contributed by atoms with Crippen molar-refractivity contribution >= 4 is 11.9 Å². The monoisotopic (exact) mass is 866 g/mol. The molecular formula is C50H75NO11. The van der Waals surface area contributed by atoms with E-state index < -0.39 is 88.3 Å². The highest BCUT2D eigenvalue weighted by Crippen LogP contribution is 2.80. The molecule has 346 valence electrons. The molecule has 7 bridgehead atoms. The Hall–Kier alpha value is -2.68. The van der Waals surface area contributed by atoms with Crippen molar-refractivity contribution in [2.45, 2.75) is 158 Å². The molecule has 5 aliphatic carbocycles. The maximum atomic E-state index is 14.6. The fourth-order valence-electron chi connectivity index (χ4n) is 14.4. The van der Waals surface area contributed by atoms with Crippen molar-refractivity contribution in [3.05, 3.63) is 60.2 Å². The zero-order chi connectivity index (χ0) is 44.3. The highest BCUT2D eigenvalue weighted by molar-refractivity contribution is 5.89. The van der Waals surface area contributed by atoms with Crippen LogP contribution in [0, 0.1) is 34.5 Å². The number of aliphatic hydroxyl groups is 3. The maximum Gasteiger partial charge on any atom is 0.338 e. The fourth-order valence-corrected chi connectivity index (χ4v) is 14.4. The van der Waals surface area contributed by atoms with Gasteiger partial charge < -0.3 is 43.7 Å². The van der Waals surface area contributed by atoms with Gasteiger partial charge in [-0.05, 0) is 69.5 Å². The number of methoxy groups -OCH3 is 4. The molecule has 0 aromatic heterocycles. The summed E-state index contributed by atoms with van der Waals surface area (Å²) in [5, 5.41) is 38.4. The maximum absolute atomic E-state index is 14.6. The lowest BCUT2D eigenvalue weighted by Crippen LogP contribution is -2.81. The smallest absolute Gasteiger partial charge is 0.338 e. The Labute approximate surface area is 369 Å². The molecule has 1 spiro atoms. The van der Waals surface area contributed by atoms with Gasteiger partial charge in [0.15, 0.2) is 5.60 Å². The van der Waals surface area contributed by atoms with Gasteiger partial charge in [-0.15, -0.1) is 0 Å². The molecule has 1 aromatic rings. The van der Waals surface area contributed by atoms with E-state index in [1.54, 1.807) is 45.6 Å². The number of unbranched alkanes of at least 4 members (excludes halogenated alkanes) is 8. The first-order chi connectivity index (χ1) is 30.0. The number of carbonyl (C=O) groups is 2. The van der Waals surface area contributed by atoms with Gasteiger partial charge in [0.1, 0.15) is 23.9 Å². The van der Waals surface area contributed by atoms with Gasteiger partial charge in [0, 0.05) is 82.5 Å². The number of rotatable bonds is 23. The molecule has 15 atom stereocenters. The van der Waals surface area contributed by atoms with Crippen molar-refractivity contribution in [2.75, 3.05) is 48.1 Å². The summed E-state index contributed by atoms with van der Waals surface area (Å²) in [5.74, 6) is -3.53. The summed E-state index contributed by atoms with van der Waals surface area (Å²) in [6.07, 6.45) is 15.2. The zero-order valence-electron chi connectivity index (χ0n) is 38.1. The fraction of sp³-hybridized carbons (Fsp3) is 0.760. The highest BCUT2D eigenvalue weighted by atomic mass is 16.6. The van der Waals surface area contributed by atoms with Crippen LogP contribution in [0.5, 0.6) is 0 Å². The third kappa shape index (κ3) is 7.54. The Morgan fingerprint density at radius 1 is 0.839 bits per heavy atom. The summed E-state index contributed by atoms with van der Waals surface area (Å²) in [6.45, 7) is 5.63. The van der Waals surface area contributed by atoms with Crippen LogP contribution in [-0.4, -0.2) is 134 Å². The first kappa shape index (κ1) is 47.3. The molecule has 1 saturated heterocycles. The van der Waals surface area contributed by atoms with Crippen LogP contribution in [0.15, 0.2) is 54.6 Å². The molecule has 1 aromatic carbocycles. The number of fused-ring (bicyclic) bond motifs is 2. The van der Waals surface area contributed by atoms with Crippen molar-refractivity contribution in [1.29, 1.82) is 0 Å². The van der Waals surface area contributed by atoms with Gasteiger partial charge in [0.25, 0.3) is 0 Å². The van der Waals surface area contributed by atoms with Crippen molar-refractivity contribution in [3.63, 3.8) is 0 Å². The number of ether oxygens (including phenoxy) is 6. The van der Waals surface area contributed by atoms with E-state index >= 15 is 0 Å². The SMILES string of the molecule is CCCCC/C=C\C/C=C\CCCCCCCC(=O)O[C@]12[C@H]3[C@@H](OC(=O)c4ccccc4)[C@](O)(C[C@H]3[C@@]34[C@@H](OC)C[C@@H](O)[C@@]5(COC)CN(CC)[C@@H]3[C@@H]1[C@H](OC)[C@H]54)[C@@H](OC)[C@@H]2O. The summed E-state index contributed by atoms with van der Waals surface area (Å²) in [4.78, 5) is 31.0. The first-order valence-corrected chi connectivity index (χ1v) is 23.7. The third-order valence-corrected chi connectivity index (χ3v) is 16.5. The molecular weight excluding hydrogens is 791 g/mol. The van der Waals surface area contributed by atoms with E-state index in [1.807, 2.05) is 6.07 Å². The average Bonchev–Trinajstić information content (AvgIpc) is 3.65. The number of allylic oxidation sites excluding steroid dienone is 4. The predicted octanol–water partition coefficient (Wildman–Crippen LogP) is 6.44. The van der Waals surface area contributed by atoms with E-state index in [0.717, 1.165) is 44.9 Å². The Balaban J connectivity index is 1.20. The number of piperidine rings is 1. The first-order valence-electron chi connectivity index (χ1n) is 23.7. The number of hydrogen-bond acceptors (Lipinski definition) is 12. The van der Waals surface area contributed by atoms with E-state index in [1.165, 1.54) is 26.4 Å². The zero-order valence-corrected chi connectivity index (χ0v) is 38.1. The second-order valence-electron chi connectivity index (χ2n) is 19.3.